The number of aryl methyl sites for hydroxylation is 1. The van der Waals surface area contributed by atoms with E-state index in [4.69, 9.17) is 16.3 Å². The van der Waals surface area contributed by atoms with Gasteiger partial charge in [0.1, 0.15) is 18.3 Å². The first-order valence-electron chi connectivity index (χ1n) is 15.3. The van der Waals surface area contributed by atoms with Crippen LogP contribution >= 0.6 is 11.6 Å². The second-order valence-electron chi connectivity index (χ2n) is 10.9. The van der Waals surface area contributed by atoms with Gasteiger partial charge >= 0.3 is 0 Å². The number of amides is 2. The number of nitrogens with zero attached hydrogens (tertiary/aromatic N) is 2. The Labute approximate surface area is 277 Å². The van der Waals surface area contributed by atoms with Crippen LogP contribution in [0.4, 0.5) is 5.69 Å². The molecule has 1 atom stereocenters. The van der Waals surface area contributed by atoms with Gasteiger partial charge in [-0.1, -0.05) is 90.8 Å². The van der Waals surface area contributed by atoms with Crippen molar-refractivity contribution in [2.45, 2.75) is 51.1 Å². The molecule has 0 saturated heterocycles. The largest absolute Gasteiger partial charge is 0.492 e. The van der Waals surface area contributed by atoms with Gasteiger partial charge in [-0.05, 0) is 67.8 Å². The Morgan fingerprint density at radius 3 is 2.22 bits per heavy atom. The molecule has 0 aromatic heterocycles. The van der Waals surface area contributed by atoms with Gasteiger partial charge in [-0.3, -0.25) is 13.9 Å². The predicted molar refractivity (Wildman–Crippen MR) is 183 cm³/mol. The summed E-state index contributed by atoms with van der Waals surface area (Å²) in [6.07, 6.45) is 0.963. The molecule has 1 unspecified atom stereocenters. The molecular formula is C36H40ClN3O5S. The van der Waals surface area contributed by atoms with E-state index in [0.717, 1.165) is 27.4 Å². The van der Waals surface area contributed by atoms with Crippen molar-refractivity contribution in [2.75, 3.05) is 24.0 Å². The van der Waals surface area contributed by atoms with Gasteiger partial charge in [0.2, 0.25) is 11.8 Å². The van der Waals surface area contributed by atoms with E-state index >= 15 is 0 Å². The summed E-state index contributed by atoms with van der Waals surface area (Å²) >= 11 is 6.08. The van der Waals surface area contributed by atoms with Crippen LogP contribution in [0.5, 0.6) is 5.75 Å². The Morgan fingerprint density at radius 1 is 0.870 bits per heavy atom. The van der Waals surface area contributed by atoms with Gasteiger partial charge in [-0.15, -0.1) is 0 Å². The highest BCUT2D eigenvalue weighted by Gasteiger charge is 2.35. The number of rotatable bonds is 15. The van der Waals surface area contributed by atoms with Crippen LogP contribution in [-0.4, -0.2) is 50.9 Å². The van der Waals surface area contributed by atoms with Crippen molar-refractivity contribution >= 4 is 39.1 Å². The molecule has 0 fully saturated rings. The number of para-hydroxylation sites is 2. The average Bonchev–Trinajstić information content (AvgIpc) is 3.05. The van der Waals surface area contributed by atoms with Crippen LogP contribution in [0, 0.1) is 6.92 Å². The summed E-state index contributed by atoms with van der Waals surface area (Å²) in [5.74, 6) is -0.548. The molecule has 2 amide bonds. The third kappa shape index (κ3) is 8.89. The molecule has 0 bridgehead atoms. The Balaban J connectivity index is 1.83. The molecule has 1 N–H and O–H groups in total. The Bertz CT molecular complexity index is 1720. The van der Waals surface area contributed by atoms with Gasteiger partial charge in [0.25, 0.3) is 10.0 Å². The van der Waals surface area contributed by atoms with Gasteiger partial charge in [0, 0.05) is 24.5 Å². The molecule has 0 saturated carbocycles. The van der Waals surface area contributed by atoms with E-state index in [2.05, 4.69) is 5.32 Å². The highest BCUT2D eigenvalue weighted by molar-refractivity contribution is 7.92. The average molecular weight is 662 g/mol. The lowest BCUT2D eigenvalue weighted by Crippen LogP contribution is -2.53. The molecular weight excluding hydrogens is 622 g/mol. The standard InChI is InChI=1S/C36H40ClN3O5S/c1-4-22-38-36(42)33(24-28-13-7-6-8-14-28)39(25-29-15-11-12-27(3)23-29)35(41)26-40(32-16-9-10-17-34(32)45-5-2)46(43,44)31-20-18-30(37)19-21-31/h6-21,23,33H,4-5,22,24-26H2,1-3H3,(H,38,42). The molecule has 0 aliphatic carbocycles. The van der Waals surface area contributed by atoms with Crippen LogP contribution in [0.1, 0.15) is 37.0 Å². The molecule has 0 aliphatic rings. The van der Waals surface area contributed by atoms with Gasteiger partial charge in [0.15, 0.2) is 0 Å². The van der Waals surface area contributed by atoms with Crippen molar-refractivity contribution in [3.63, 3.8) is 0 Å². The van der Waals surface area contributed by atoms with E-state index in [9.17, 15) is 18.0 Å². The molecule has 8 nitrogen and oxygen atoms in total. The molecule has 4 aromatic rings. The molecule has 0 radical (unpaired) electrons. The predicted octanol–water partition coefficient (Wildman–Crippen LogP) is 6.41. The van der Waals surface area contributed by atoms with Crippen LogP contribution in [0.3, 0.4) is 0 Å². The minimum atomic E-state index is -4.29. The maximum Gasteiger partial charge on any atom is 0.264 e. The molecule has 4 aromatic carbocycles. The summed E-state index contributed by atoms with van der Waals surface area (Å²) in [5, 5.41) is 3.34. The van der Waals surface area contributed by atoms with E-state index in [1.807, 2.05) is 68.4 Å². The van der Waals surface area contributed by atoms with Crippen molar-refractivity contribution in [1.82, 2.24) is 10.2 Å². The molecule has 46 heavy (non-hydrogen) atoms. The van der Waals surface area contributed by atoms with Gasteiger partial charge in [-0.25, -0.2) is 8.42 Å². The van der Waals surface area contributed by atoms with Crippen LogP contribution in [0.2, 0.25) is 5.02 Å². The number of ether oxygens (including phenoxy) is 1. The van der Waals surface area contributed by atoms with Crippen molar-refractivity contribution in [3.8, 4) is 5.75 Å². The van der Waals surface area contributed by atoms with E-state index in [1.165, 1.54) is 29.2 Å². The molecule has 0 aliphatic heterocycles. The monoisotopic (exact) mass is 661 g/mol. The molecule has 0 heterocycles. The lowest BCUT2D eigenvalue weighted by atomic mass is 10.0. The van der Waals surface area contributed by atoms with E-state index in [1.54, 1.807) is 31.2 Å². The number of anilines is 1. The summed E-state index contributed by atoms with van der Waals surface area (Å²) < 4.78 is 35.4. The number of halogens is 1. The summed E-state index contributed by atoms with van der Waals surface area (Å²) in [5.41, 5.74) is 2.89. The molecule has 10 heteroatoms. The summed E-state index contributed by atoms with van der Waals surface area (Å²) in [4.78, 5) is 29.8. The number of carbonyl (C=O) groups is 2. The van der Waals surface area contributed by atoms with E-state index in [-0.39, 0.29) is 36.1 Å². The lowest BCUT2D eigenvalue weighted by Gasteiger charge is -2.34. The number of hydrogen-bond acceptors (Lipinski definition) is 5. The topological polar surface area (TPSA) is 96.0 Å². The third-order valence-electron chi connectivity index (χ3n) is 7.37. The zero-order valence-electron chi connectivity index (χ0n) is 26.4. The first kappa shape index (κ1) is 34.5. The minimum absolute atomic E-state index is 0.0391. The fourth-order valence-corrected chi connectivity index (χ4v) is 6.67. The molecule has 4 rings (SSSR count). The van der Waals surface area contributed by atoms with Crippen LogP contribution in [0.15, 0.2) is 108 Å². The summed E-state index contributed by atoms with van der Waals surface area (Å²) in [6, 6.07) is 28.7. The van der Waals surface area contributed by atoms with E-state index < -0.39 is 28.5 Å². The zero-order chi connectivity index (χ0) is 33.1. The second-order valence-corrected chi connectivity index (χ2v) is 13.2. The zero-order valence-corrected chi connectivity index (χ0v) is 27.9. The number of nitrogens with one attached hydrogen (secondary N) is 1. The number of carbonyl (C=O) groups excluding carboxylic acids is 2. The smallest absolute Gasteiger partial charge is 0.264 e. The first-order chi connectivity index (χ1) is 22.1. The number of hydrogen-bond donors (Lipinski definition) is 1. The summed E-state index contributed by atoms with van der Waals surface area (Å²) in [6.45, 7) is 5.96. The minimum Gasteiger partial charge on any atom is -0.492 e. The first-order valence-corrected chi connectivity index (χ1v) is 17.1. The fourth-order valence-electron chi connectivity index (χ4n) is 5.12. The Hall–Kier alpha value is -4.34. The highest BCUT2D eigenvalue weighted by Crippen LogP contribution is 2.33. The summed E-state index contributed by atoms with van der Waals surface area (Å²) in [7, 11) is -4.29. The van der Waals surface area contributed by atoms with Crippen LogP contribution in [0.25, 0.3) is 0 Å². The maximum absolute atomic E-state index is 14.6. The van der Waals surface area contributed by atoms with Crippen LogP contribution in [-0.2, 0) is 32.6 Å². The lowest BCUT2D eigenvalue weighted by molar-refractivity contribution is -0.140. The number of benzene rings is 4. The quantitative estimate of drug-likeness (QED) is 0.159. The van der Waals surface area contributed by atoms with E-state index in [0.29, 0.717) is 17.3 Å². The van der Waals surface area contributed by atoms with Gasteiger partial charge < -0.3 is 15.0 Å². The van der Waals surface area contributed by atoms with Crippen molar-refractivity contribution in [2.24, 2.45) is 0 Å². The van der Waals surface area contributed by atoms with Crippen LogP contribution < -0.4 is 14.4 Å². The Morgan fingerprint density at radius 2 is 1.54 bits per heavy atom. The highest BCUT2D eigenvalue weighted by atomic mass is 35.5. The normalized spacial score (nSPS) is 11.8. The van der Waals surface area contributed by atoms with Gasteiger partial charge in [0.05, 0.1) is 17.2 Å². The van der Waals surface area contributed by atoms with Gasteiger partial charge in [-0.2, -0.15) is 0 Å². The Kier molecular flexibility index (Phi) is 12.2. The van der Waals surface area contributed by atoms with Crippen molar-refractivity contribution in [3.05, 3.63) is 125 Å². The van der Waals surface area contributed by atoms with Crippen molar-refractivity contribution in [1.29, 1.82) is 0 Å². The SMILES string of the molecule is CCCNC(=O)C(Cc1ccccc1)N(Cc1cccc(C)c1)C(=O)CN(c1ccccc1OCC)S(=O)(=O)c1ccc(Cl)cc1. The molecule has 242 valence electrons. The fraction of sp³-hybridized carbons (Fsp3) is 0.278. The third-order valence-corrected chi connectivity index (χ3v) is 9.40. The second kappa shape index (κ2) is 16.3. The molecule has 0 spiro atoms. The number of sulfonamides is 1. The maximum atomic E-state index is 14.6. The van der Waals surface area contributed by atoms with Crippen molar-refractivity contribution < 1.29 is 22.7 Å².